The molecule has 0 saturated heterocycles. The minimum Gasteiger partial charge on any atom is -0.497 e. The van der Waals surface area contributed by atoms with Crippen LogP contribution in [-0.4, -0.2) is 24.5 Å². The second kappa shape index (κ2) is 15.4. The molecule has 0 aromatic heterocycles. The van der Waals surface area contributed by atoms with Crippen molar-refractivity contribution in [2.24, 2.45) is 0 Å². The number of rotatable bonds is 6. The molecule has 1 rings (SSSR count). The lowest BCUT2D eigenvalue weighted by atomic mass is 10.3. The number of ether oxygens (including phenoxy) is 1. The average Bonchev–Trinajstić information content (AvgIpc) is 2.51. The van der Waals surface area contributed by atoms with E-state index in [0.29, 0.717) is 0 Å². The van der Waals surface area contributed by atoms with Gasteiger partial charge >= 0.3 is 0 Å². The van der Waals surface area contributed by atoms with E-state index < -0.39 is 0 Å². The highest BCUT2D eigenvalue weighted by Gasteiger charge is 2.03. The van der Waals surface area contributed by atoms with Crippen molar-refractivity contribution in [2.45, 2.75) is 52.9 Å². The molecule has 0 aliphatic rings. The first-order valence-electron chi connectivity index (χ1n) is 7.37. The highest BCUT2D eigenvalue weighted by Crippen LogP contribution is 2.24. The molecule has 0 heterocycles. The van der Waals surface area contributed by atoms with Gasteiger partial charge in [0.1, 0.15) is 5.75 Å². The fourth-order valence-corrected chi connectivity index (χ4v) is 2.26. The molecule has 0 atom stereocenters. The van der Waals surface area contributed by atoms with Gasteiger partial charge in [-0.15, -0.1) is 0 Å². The van der Waals surface area contributed by atoms with Crippen molar-refractivity contribution in [3.8, 4) is 5.75 Å². The quantitative estimate of drug-likeness (QED) is 0.642. The highest BCUT2D eigenvalue weighted by atomic mass is 32.2. The Morgan fingerprint density at radius 2 is 1.53 bits per heavy atom. The van der Waals surface area contributed by atoms with Crippen molar-refractivity contribution in [3.05, 3.63) is 24.3 Å². The van der Waals surface area contributed by atoms with Gasteiger partial charge in [-0.2, -0.15) is 0 Å². The van der Waals surface area contributed by atoms with Gasteiger partial charge in [0.2, 0.25) is 0 Å². The van der Waals surface area contributed by atoms with Gasteiger partial charge in [0.25, 0.3) is 0 Å². The third kappa shape index (κ3) is 9.85. The van der Waals surface area contributed by atoms with Crippen LogP contribution in [0.3, 0.4) is 0 Å². The van der Waals surface area contributed by atoms with Crippen LogP contribution in [0.1, 0.15) is 48.0 Å². The topological polar surface area (TPSA) is 12.5 Å². The van der Waals surface area contributed by atoms with Crippen molar-refractivity contribution >= 4 is 11.9 Å². The van der Waals surface area contributed by atoms with Crippen molar-refractivity contribution in [1.82, 2.24) is 4.31 Å². The van der Waals surface area contributed by atoms with Crippen molar-refractivity contribution < 1.29 is 4.74 Å². The Kier molecular flexibility index (Phi) is 16.7. The van der Waals surface area contributed by atoms with Gasteiger partial charge in [-0.3, -0.25) is 0 Å². The van der Waals surface area contributed by atoms with Gasteiger partial charge in [-0.25, -0.2) is 4.31 Å². The second-order valence-corrected chi connectivity index (χ2v) is 4.46. The minimum absolute atomic E-state index is 0.915. The molecule has 2 nitrogen and oxygen atoms in total. The van der Waals surface area contributed by atoms with Crippen LogP contribution in [0.4, 0.5) is 0 Å². The van der Waals surface area contributed by atoms with E-state index in [2.05, 4.69) is 30.3 Å². The predicted octanol–water partition coefficient (Wildman–Crippen LogP) is 5.49. The number of methoxy groups -OCH3 is 1. The summed E-state index contributed by atoms with van der Waals surface area (Å²) < 4.78 is 7.49. The van der Waals surface area contributed by atoms with Crippen LogP contribution < -0.4 is 4.74 Å². The Labute approximate surface area is 124 Å². The lowest BCUT2D eigenvalue weighted by molar-refractivity contribution is 0.414. The predicted molar refractivity (Wildman–Crippen MR) is 89.1 cm³/mol. The van der Waals surface area contributed by atoms with Crippen LogP contribution in [0.5, 0.6) is 5.75 Å². The zero-order valence-electron chi connectivity index (χ0n) is 13.7. The van der Waals surface area contributed by atoms with E-state index in [1.807, 2.05) is 51.8 Å². The maximum Gasteiger partial charge on any atom is 0.118 e. The van der Waals surface area contributed by atoms with E-state index in [9.17, 15) is 0 Å². The Morgan fingerprint density at radius 3 is 1.89 bits per heavy atom. The first-order valence-corrected chi connectivity index (χ1v) is 8.14. The van der Waals surface area contributed by atoms with Crippen molar-refractivity contribution in [3.63, 3.8) is 0 Å². The van der Waals surface area contributed by atoms with Crippen LogP contribution in [0.25, 0.3) is 0 Å². The summed E-state index contributed by atoms with van der Waals surface area (Å²) in [5, 5.41) is 0. The van der Waals surface area contributed by atoms with E-state index in [-0.39, 0.29) is 0 Å². The Balaban J connectivity index is 0. The van der Waals surface area contributed by atoms with E-state index in [1.165, 1.54) is 11.3 Å². The second-order valence-electron chi connectivity index (χ2n) is 3.29. The fraction of sp³-hybridized carbons (Fsp3) is 0.625. The zero-order valence-corrected chi connectivity index (χ0v) is 14.5. The summed E-state index contributed by atoms with van der Waals surface area (Å²) in [5.74, 6) is 0.915. The summed E-state index contributed by atoms with van der Waals surface area (Å²) in [7, 11) is 1.69. The molecule has 0 N–H and O–H groups in total. The van der Waals surface area contributed by atoms with E-state index in [0.717, 1.165) is 18.8 Å². The molecule has 0 spiro atoms. The van der Waals surface area contributed by atoms with E-state index in [4.69, 9.17) is 4.74 Å². The Morgan fingerprint density at radius 1 is 1.00 bits per heavy atom. The molecule has 1 aromatic rings. The van der Waals surface area contributed by atoms with Crippen molar-refractivity contribution in [1.29, 1.82) is 0 Å². The third-order valence-corrected chi connectivity index (χ3v) is 3.30. The lowest BCUT2D eigenvalue weighted by Gasteiger charge is -2.17. The molecule has 0 unspecified atom stereocenters. The molecule has 3 heteroatoms. The standard InChI is InChI=1S/C12H19NOS.2C2H6/c1-4-10-13(5-2)15-12-8-6-11(14-3)7-9-12;2*1-2/h6-9H,4-5,10H2,1-3H3;2*1-2H3. The summed E-state index contributed by atoms with van der Waals surface area (Å²) in [5.41, 5.74) is 0. The van der Waals surface area contributed by atoms with Gasteiger partial charge in [0.05, 0.1) is 7.11 Å². The molecule has 0 aliphatic carbocycles. The van der Waals surface area contributed by atoms with Gasteiger partial charge in [-0.05, 0) is 42.6 Å². The van der Waals surface area contributed by atoms with Gasteiger partial charge in [0, 0.05) is 18.0 Å². The van der Waals surface area contributed by atoms with E-state index in [1.54, 1.807) is 7.11 Å². The molecular formula is C16H31NOS. The first-order chi connectivity index (χ1) is 9.30. The normalized spacial score (nSPS) is 9.05. The fourth-order valence-electron chi connectivity index (χ4n) is 1.30. The molecule has 0 bridgehead atoms. The summed E-state index contributed by atoms with van der Waals surface area (Å²) >= 11 is 1.81. The number of hydrogen-bond donors (Lipinski definition) is 0. The Bertz CT molecular complexity index is 275. The molecule has 0 radical (unpaired) electrons. The highest BCUT2D eigenvalue weighted by molar-refractivity contribution is 7.97. The molecular weight excluding hydrogens is 254 g/mol. The molecule has 112 valence electrons. The van der Waals surface area contributed by atoms with Crippen LogP contribution >= 0.6 is 11.9 Å². The van der Waals surface area contributed by atoms with Crippen LogP contribution in [-0.2, 0) is 0 Å². The van der Waals surface area contributed by atoms with Gasteiger partial charge < -0.3 is 4.74 Å². The lowest BCUT2D eigenvalue weighted by Crippen LogP contribution is -2.15. The maximum atomic E-state index is 5.13. The van der Waals surface area contributed by atoms with Crippen LogP contribution in [0.15, 0.2) is 29.2 Å². The van der Waals surface area contributed by atoms with Crippen LogP contribution in [0.2, 0.25) is 0 Å². The van der Waals surface area contributed by atoms with Crippen molar-refractivity contribution in [2.75, 3.05) is 20.2 Å². The summed E-state index contributed by atoms with van der Waals surface area (Å²) in [6, 6.07) is 8.20. The number of benzene rings is 1. The molecule has 1 aromatic carbocycles. The van der Waals surface area contributed by atoms with Crippen LogP contribution in [0, 0.1) is 0 Å². The SMILES string of the molecule is CC.CC.CCCN(CC)Sc1ccc(OC)cc1. The maximum absolute atomic E-state index is 5.13. The minimum atomic E-state index is 0.915. The smallest absolute Gasteiger partial charge is 0.118 e. The molecule has 0 amide bonds. The summed E-state index contributed by atoms with van der Waals surface area (Å²) in [6.07, 6.45) is 1.19. The Hall–Kier alpha value is -0.670. The van der Waals surface area contributed by atoms with Gasteiger partial charge in [-0.1, -0.05) is 41.5 Å². The third-order valence-electron chi connectivity index (χ3n) is 2.12. The molecule has 0 saturated carbocycles. The molecule has 0 fully saturated rings. The number of nitrogens with zero attached hydrogens (tertiary/aromatic N) is 1. The molecule has 0 aliphatic heterocycles. The molecule has 19 heavy (non-hydrogen) atoms. The monoisotopic (exact) mass is 285 g/mol. The largest absolute Gasteiger partial charge is 0.497 e. The summed E-state index contributed by atoms with van der Waals surface area (Å²) in [4.78, 5) is 1.27. The first kappa shape index (κ1) is 20.6. The number of hydrogen-bond acceptors (Lipinski definition) is 3. The zero-order chi connectivity index (χ0) is 15.1. The average molecular weight is 285 g/mol. The van der Waals surface area contributed by atoms with Gasteiger partial charge in [0.15, 0.2) is 0 Å². The summed E-state index contributed by atoms with van der Waals surface area (Å²) in [6.45, 7) is 14.6. The van der Waals surface area contributed by atoms with E-state index >= 15 is 0 Å².